The molecule has 6 N–H and O–H groups in total. The number of benzene rings is 2. The van der Waals surface area contributed by atoms with Crippen molar-refractivity contribution in [3.63, 3.8) is 0 Å². The Bertz CT molecular complexity index is 595. The molecule has 0 atom stereocenters. The van der Waals surface area contributed by atoms with E-state index in [1.807, 2.05) is 13.0 Å². The van der Waals surface area contributed by atoms with E-state index < -0.39 is 0 Å². The first kappa shape index (κ1) is 12.1. The Morgan fingerprint density at radius 3 is 2.28 bits per heavy atom. The highest BCUT2D eigenvalue weighted by atomic mass is 16.3. The van der Waals surface area contributed by atoms with Crippen molar-refractivity contribution in [2.24, 2.45) is 0 Å². The summed E-state index contributed by atoms with van der Waals surface area (Å²) in [5, 5.41) is 19.6. The zero-order valence-electron chi connectivity index (χ0n) is 10.1. The van der Waals surface area contributed by atoms with Crippen LogP contribution in [0.15, 0.2) is 30.3 Å². The summed E-state index contributed by atoms with van der Waals surface area (Å²) in [6.07, 6.45) is 0.650. The molecule has 94 valence electrons. The third kappa shape index (κ3) is 1.93. The lowest BCUT2D eigenvalue weighted by Crippen LogP contribution is -1.94. The molecule has 0 fully saturated rings. The first-order valence-electron chi connectivity index (χ1n) is 5.73. The fourth-order valence-corrected chi connectivity index (χ4v) is 1.99. The van der Waals surface area contributed by atoms with E-state index in [9.17, 15) is 10.2 Å². The van der Waals surface area contributed by atoms with Crippen molar-refractivity contribution >= 4 is 11.4 Å². The molecule has 0 aromatic heterocycles. The molecule has 2 aromatic rings. The van der Waals surface area contributed by atoms with Crippen molar-refractivity contribution < 1.29 is 10.2 Å². The van der Waals surface area contributed by atoms with E-state index in [-0.39, 0.29) is 11.5 Å². The van der Waals surface area contributed by atoms with Crippen LogP contribution in [0.4, 0.5) is 11.4 Å². The molecule has 18 heavy (non-hydrogen) atoms. The summed E-state index contributed by atoms with van der Waals surface area (Å²) < 4.78 is 0. The summed E-state index contributed by atoms with van der Waals surface area (Å²) in [4.78, 5) is 0. The average Bonchev–Trinajstić information content (AvgIpc) is 2.36. The Morgan fingerprint density at radius 2 is 1.67 bits per heavy atom. The molecule has 0 saturated heterocycles. The number of phenols is 2. The maximum absolute atomic E-state index is 9.95. The lowest BCUT2D eigenvalue weighted by Gasteiger charge is -2.12. The SMILES string of the molecule is CCc1c(-c2ccc(N)c(O)c2)ccc(N)c1O. The number of anilines is 2. The van der Waals surface area contributed by atoms with E-state index in [1.54, 1.807) is 24.3 Å². The third-order valence-corrected chi connectivity index (χ3v) is 3.01. The lowest BCUT2D eigenvalue weighted by molar-refractivity contribution is 0.471. The fourth-order valence-electron chi connectivity index (χ4n) is 1.99. The number of nitrogens with two attached hydrogens (primary N) is 2. The largest absolute Gasteiger partial charge is 0.506 e. The van der Waals surface area contributed by atoms with Crippen molar-refractivity contribution in [3.05, 3.63) is 35.9 Å². The molecule has 4 nitrogen and oxygen atoms in total. The molecular weight excluding hydrogens is 228 g/mol. The van der Waals surface area contributed by atoms with Gasteiger partial charge in [0, 0.05) is 5.56 Å². The summed E-state index contributed by atoms with van der Waals surface area (Å²) in [6.45, 7) is 1.94. The Balaban J connectivity index is 2.63. The molecule has 0 spiro atoms. The lowest BCUT2D eigenvalue weighted by atomic mass is 9.96. The van der Waals surface area contributed by atoms with Crippen molar-refractivity contribution in [3.8, 4) is 22.6 Å². The second-order valence-electron chi connectivity index (χ2n) is 4.16. The maximum atomic E-state index is 9.95. The maximum Gasteiger partial charge on any atom is 0.142 e. The van der Waals surface area contributed by atoms with E-state index in [1.165, 1.54) is 0 Å². The highest BCUT2D eigenvalue weighted by Crippen LogP contribution is 2.36. The van der Waals surface area contributed by atoms with Crippen LogP contribution in [-0.4, -0.2) is 10.2 Å². The van der Waals surface area contributed by atoms with Crippen LogP contribution < -0.4 is 11.5 Å². The summed E-state index contributed by atoms with van der Waals surface area (Å²) in [6, 6.07) is 8.51. The van der Waals surface area contributed by atoms with Gasteiger partial charge in [0.05, 0.1) is 11.4 Å². The molecule has 0 heterocycles. The predicted molar refractivity (Wildman–Crippen MR) is 73.4 cm³/mol. The minimum atomic E-state index is 0.0332. The molecule has 2 aromatic carbocycles. The standard InChI is InChI=1S/C14H16N2O2/c1-2-9-10(4-6-12(16)14(9)18)8-3-5-11(15)13(17)7-8/h3-7,17-18H,2,15-16H2,1H3. The summed E-state index contributed by atoms with van der Waals surface area (Å²) in [7, 11) is 0. The van der Waals surface area contributed by atoms with Gasteiger partial charge < -0.3 is 21.7 Å². The van der Waals surface area contributed by atoms with Gasteiger partial charge in [-0.3, -0.25) is 0 Å². The summed E-state index contributed by atoms with van der Waals surface area (Å²) in [5.74, 6) is 0.136. The van der Waals surface area contributed by atoms with Gasteiger partial charge in [-0.15, -0.1) is 0 Å². The van der Waals surface area contributed by atoms with Crippen LogP contribution >= 0.6 is 0 Å². The third-order valence-electron chi connectivity index (χ3n) is 3.01. The molecule has 0 unspecified atom stereocenters. The van der Waals surface area contributed by atoms with Gasteiger partial charge in [-0.25, -0.2) is 0 Å². The van der Waals surface area contributed by atoms with Gasteiger partial charge in [0.2, 0.25) is 0 Å². The average molecular weight is 244 g/mol. The van der Waals surface area contributed by atoms with Gasteiger partial charge in [-0.05, 0) is 35.7 Å². The smallest absolute Gasteiger partial charge is 0.142 e. The van der Waals surface area contributed by atoms with Gasteiger partial charge in [0.1, 0.15) is 11.5 Å². The zero-order valence-corrected chi connectivity index (χ0v) is 10.1. The van der Waals surface area contributed by atoms with Gasteiger partial charge in [0.15, 0.2) is 0 Å². The predicted octanol–water partition coefficient (Wildman–Crippen LogP) is 2.49. The number of hydrogen-bond acceptors (Lipinski definition) is 4. The number of rotatable bonds is 2. The number of hydrogen-bond donors (Lipinski definition) is 4. The van der Waals surface area contributed by atoms with Crippen molar-refractivity contribution in [2.45, 2.75) is 13.3 Å². The molecule has 0 saturated carbocycles. The Labute approximate surface area is 105 Å². The Morgan fingerprint density at radius 1 is 1.00 bits per heavy atom. The molecule has 0 amide bonds. The quantitative estimate of drug-likeness (QED) is 0.482. The van der Waals surface area contributed by atoms with Gasteiger partial charge in [-0.1, -0.05) is 19.1 Å². The van der Waals surface area contributed by atoms with Crippen LogP contribution in [0.3, 0.4) is 0 Å². The summed E-state index contributed by atoms with van der Waals surface area (Å²) >= 11 is 0. The normalized spacial score (nSPS) is 10.5. The van der Waals surface area contributed by atoms with E-state index in [2.05, 4.69) is 0 Å². The molecule has 0 aliphatic carbocycles. The second kappa shape index (κ2) is 4.49. The van der Waals surface area contributed by atoms with E-state index in [0.717, 1.165) is 16.7 Å². The van der Waals surface area contributed by atoms with Gasteiger partial charge in [-0.2, -0.15) is 0 Å². The van der Waals surface area contributed by atoms with E-state index in [0.29, 0.717) is 17.8 Å². The van der Waals surface area contributed by atoms with Crippen molar-refractivity contribution in [1.29, 1.82) is 0 Å². The van der Waals surface area contributed by atoms with Crippen molar-refractivity contribution in [1.82, 2.24) is 0 Å². The Kier molecular flexibility index (Phi) is 3.02. The molecule has 2 rings (SSSR count). The topological polar surface area (TPSA) is 92.5 Å². The molecule has 0 aliphatic heterocycles. The van der Waals surface area contributed by atoms with Crippen LogP contribution in [-0.2, 0) is 6.42 Å². The van der Waals surface area contributed by atoms with Gasteiger partial charge >= 0.3 is 0 Å². The zero-order chi connectivity index (χ0) is 13.3. The van der Waals surface area contributed by atoms with Gasteiger partial charge in [0.25, 0.3) is 0 Å². The molecule has 0 radical (unpaired) electrons. The molecule has 0 aliphatic rings. The second-order valence-corrected chi connectivity index (χ2v) is 4.16. The fraction of sp³-hybridized carbons (Fsp3) is 0.143. The van der Waals surface area contributed by atoms with Crippen LogP contribution in [0, 0.1) is 0 Å². The molecule has 4 heteroatoms. The number of nitrogen functional groups attached to an aromatic ring is 2. The van der Waals surface area contributed by atoms with Crippen LogP contribution in [0.2, 0.25) is 0 Å². The highest BCUT2D eigenvalue weighted by Gasteiger charge is 2.12. The molecular formula is C14H16N2O2. The first-order valence-corrected chi connectivity index (χ1v) is 5.73. The molecule has 0 bridgehead atoms. The first-order chi connectivity index (χ1) is 8.54. The van der Waals surface area contributed by atoms with E-state index in [4.69, 9.17) is 11.5 Å². The number of aromatic hydroxyl groups is 2. The van der Waals surface area contributed by atoms with E-state index >= 15 is 0 Å². The van der Waals surface area contributed by atoms with Crippen LogP contribution in [0.25, 0.3) is 11.1 Å². The summed E-state index contributed by atoms with van der Waals surface area (Å²) in [5.41, 5.74) is 14.3. The monoisotopic (exact) mass is 244 g/mol. The van der Waals surface area contributed by atoms with Crippen LogP contribution in [0.5, 0.6) is 11.5 Å². The minimum Gasteiger partial charge on any atom is -0.506 e. The van der Waals surface area contributed by atoms with Crippen LogP contribution in [0.1, 0.15) is 12.5 Å². The number of phenolic OH excluding ortho intramolecular Hbond substituents is 2. The highest BCUT2D eigenvalue weighted by molar-refractivity contribution is 5.77. The van der Waals surface area contributed by atoms with Crippen molar-refractivity contribution in [2.75, 3.05) is 11.5 Å². The minimum absolute atomic E-state index is 0.0332. The Hall–Kier alpha value is -2.36.